The second-order valence-electron chi connectivity index (χ2n) is 4.69. The Hall–Kier alpha value is 0.140. The molecule has 3 heteroatoms. The first-order valence-corrected chi connectivity index (χ1v) is 7.95. The van der Waals surface area contributed by atoms with Crippen molar-refractivity contribution < 1.29 is 0 Å². The van der Waals surface area contributed by atoms with E-state index in [-0.39, 0.29) is 0 Å². The Bertz CT molecular complexity index is 315. The lowest BCUT2D eigenvalue weighted by atomic mass is 9.88. The monoisotopic (exact) mass is 301 g/mol. The average Bonchev–Trinajstić information content (AvgIpc) is 2.57. The van der Waals surface area contributed by atoms with E-state index in [1.54, 1.807) is 11.3 Å². The van der Waals surface area contributed by atoms with Crippen molar-refractivity contribution in [2.75, 3.05) is 7.05 Å². The summed E-state index contributed by atoms with van der Waals surface area (Å²) in [5, 5.41) is 8.00. The molecule has 0 radical (unpaired) electrons. The molecule has 1 N–H and O–H groups in total. The minimum atomic E-state index is 0.540. The van der Waals surface area contributed by atoms with E-state index >= 15 is 0 Å². The number of thiophene rings is 1. The molecule has 1 aliphatic carbocycles. The first-order valence-electron chi connectivity index (χ1n) is 6.21. The first-order chi connectivity index (χ1) is 7.83. The van der Waals surface area contributed by atoms with Gasteiger partial charge in [-0.2, -0.15) is 11.3 Å². The van der Waals surface area contributed by atoms with Crippen molar-refractivity contribution in [1.82, 2.24) is 5.32 Å². The zero-order chi connectivity index (χ0) is 11.4. The molecule has 1 saturated carbocycles. The van der Waals surface area contributed by atoms with Gasteiger partial charge in [0.05, 0.1) is 0 Å². The van der Waals surface area contributed by atoms with Crippen LogP contribution in [-0.2, 0) is 0 Å². The number of nitrogens with one attached hydrogen (secondary N) is 1. The van der Waals surface area contributed by atoms with Crippen molar-refractivity contribution in [3.63, 3.8) is 0 Å². The zero-order valence-electron chi connectivity index (χ0n) is 9.84. The Labute approximate surface area is 111 Å². The van der Waals surface area contributed by atoms with Crippen molar-refractivity contribution in [3.05, 3.63) is 20.8 Å². The van der Waals surface area contributed by atoms with Crippen LogP contribution in [0, 0.1) is 5.92 Å². The Morgan fingerprint density at radius 2 is 1.94 bits per heavy atom. The molecule has 0 bridgehead atoms. The lowest BCUT2D eigenvalue weighted by Gasteiger charge is -2.25. The second-order valence-corrected chi connectivity index (χ2v) is 6.29. The zero-order valence-corrected chi connectivity index (χ0v) is 12.2. The molecule has 1 fully saturated rings. The average molecular weight is 302 g/mol. The third-order valence-corrected chi connectivity index (χ3v) is 5.41. The molecule has 1 atom stereocenters. The van der Waals surface area contributed by atoms with E-state index in [1.807, 2.05) is 0 Å². The maximum atomic E-state index is 3.66. The number of halogens is 1. The van der Waals surface area contributed by atoms with E-state index in [4.69, 9.17) is 0 Å². The van der Waals surface area contributed by atoms with E-state index in [0.717, 1.165) is 5.92 Å². The highest BCUT2D eigenvalue weighted by Crippen LogP contribution is 2.37. The molecular weight excluding hydrogens is 282 g/mol. The number of hydrogen-bond acceptors (Lipinski definition) is 2. The van der Waals surface area contributed by atoms with Crippen molar-refractivity contribution >= 4 is 27.3 Å². The molecule has 0 aliphatic heterocycles. The Balaban J connectivity index is 2.12. The molecule has 1 heterocycles. The minimum absolute atomic E-state index is 0.540. The predicted octanol–water partition coefficient (Wildman–Crippen LogP) is 4.74. The maximum Gasteiger partial charge on any atom is 0.0365 e. The van der Waals surface area contributed by atoms with Gasteiger partial charge >= 0.3 is 0 Å². The Morgan fingerprint density at radius 1 is 1.25 bits per heavy atom. The molecule has 0 saturated heterocycles. The molecule has 0 spiro atoms. The van der Waals surface area contributed by atoms with Gasteiger partial charge in [-0.25, -0.2) is 0 Å². The molecule has 1 nitrogen and oxygen atoms in total. The Morgan fingerprint density at radius 3 is 2.44 bits per heavy atom. The SMILES string of the molecule is CNC(c1cscc1Br)C1CCCCCC1. The molecular formula is C13H20BrNS. The van der Waals surface area contributed by atoms with E-state index in [9.17, 15) is 0 Å². The fraction of sp³-hybridized carbons (Fsp3) is 0.692. The molecule has 0 amide bonds. The second kappa shape index (κ2) is 6.18. The third kappa shape index (κ3) is 2.88. The first kappa shape index (κ1) is 12.6. The quantitative estimate of drug-likeness (QED) is 0.795. The molecule has 1 aromatic rings. The van der Waals surface area contributed by atoms with Crippen molar-refractivity contribution in [1.29, 1.82) is 0 Å². The smallest absolute Gasteiger partial charge is 0.0365 e. The summed E-state index contributed by atoms with van der Waals surface area (Å²) in [6.45, 7) is 0. The van der Waals surface area contributed by atoms with Gasteiger partial charge in [-0.1, -0.05) is 25.7 Å². The van der Waals surface area contributed by atoms with Crippen LogP contribution >= 0.6 is 27.3 Å². The van der Waals surface area contributed by atoms with Gasteiger partial charge in [0, 0.05) is 15.9 Å². The highest BCUT2D eigenvalue weighted by molar-refractivity contribution is 9.10. The van der Waals surface area contributed by atoms with Crippen LogP contribution in [0.25, 0.3) is 0 Å². The van der Waals surface area contributed by atoms with Crippen LogP contribution in [0.2, 0.25) is 0 Å². The van der Waals surface area contributed by atoms with Crippen molar-refractivity contribution in [2.45, 2.75) is 44.6 Å². The number of rotatable bonds is 3. The van der Waals surface area contributed by atoms with Gasteiger partial charge in [0.1, 0.15) is 0 Å². The largest absolute Gasteiger partial charge is 0.313 e. The molecule has 1 aliphatic rings. The predicted molar refractivity (Wildman–Crippen MR) is 75.0 cm³/mol. The molecule has 16 heavy (non-hydrogen) atoms. The van der Waals surface area contributed by atoms with Gasteiger partial charge in [0.15, 0.2) is 0 Å². The van der Waals surface area contributed by atoms with E-state index in [1.165, 1.54) is 48.6 Å². The maximum absolute atomic E-state index is 3.66. The molecule has 0 aromatic carbocycles. The summed E-state index contributed by atoms with van der Waals surface area (Å²) in [4.78, 5) is 0. The lowest BCUT2D eigenvalue weighted by molar-refractivity contribution is 0.341. The lowest BCUT2D eigenvalue weighted by Crippen LogP contribution is -2.24. The van der Waals surface area contributed by atoms with Crippen LogP contribution < -0.4 is 5.32 Å². The molecule has 2 rings (SSSR count). The van der Waals surface area contributed by atoms with Crippen LogP contribution in [0.1, 0.15) is 50.1 Å². The summed E-state index contributed by atoms with van der Waals surface area (Å²) in [6, 6.07) is 0.540. The van der Waals surface area contributed by atoms with Crippen molar-refractivity contribution in [3.8, 4) is 0 Å². The van der Waals surface area contributed by atoms with Gasteiger partial charge in [-0.05, 0) is 52.7 Å². The highest BCUT2D eigenvalue weighted by Gasteiger charge is 2.24. The molecule has 1 unspecified atom stereocenters. The fourth-order valence-corrected chi connectivity index (χ4v) is 4.38. The van der Waals surface area contributed by atoms with Crippen LogP contribution in [0.15, 0.2) is 15.2 Å². The molecule has 1 aromatic heterocycles. The summed E-state index contributed by atoms with van der Waals surface area (Å²) in [6.07, 6.45) is 8.44. The van der Waals surface area contributed by atoms with Crippen LogP contribution in [-0.4, -0.2) is 7.05 Å². The van der Waals surface area contributed by atoms with Gasteiger partial charge < -0.3 is 5.32 Å². The summed E-state index contributed by atoms with van der Waals surface area (Å²) in [5.74, 6) is 0.818. The van der Waals surface area contributed by atoms with Gasteiger partial charge in [0.2, 0.25) is 0 Å². The standard InChI is InChI=1S/C13H20BrNS/c1-15-13(11-8-16-9-12(11)14)10-6-4-2-3-5-7-10/h8-10,13,15H,2-7H2,1H3. The number of hydrogen-bond donors (Lipinski definition) is 1. The van der Waals surface area contributed by atoms with Crippen LogP contribution in [0.5, 0.6) is 0 Å². The van der Waals surface area contributed by atoms with Gasteiger partial charge in [-0.15, -0.1) is 0 Å². The summed E-state index contributed by atoms with van der Waals surface area (Å²) in [5.41, 5.74) is 1.46. The summed E-state index contributed by atoms with van der Waals surface area (Å²) < 4.78 is 1.28. The summed E-state index contributed by atoms with van der Waals surface area (Å²) >= 11 is 5.46. The van der Waals surface area contributed by atoms with E-state index in [2.05, 4.69) is 39.1 Å². The molecule has 90 valence electrons. The van der Waals surface area contributed by atoms with E-state index in [0.29, 0.717) is 6.04 Å². The van der Waals surface area contributed by atoms with Gasteiger partial charge in [0.25, 0.3) is 0 Å². The highest BCUT2D eigenvalue weighted by atomic mass is 79.9. The third-order valence-electron chi connectivity index (χ3n) is 3.66. The van der Waals surface area contributed by atoms with E-state index < -0.39 is 0 Å². The fourth-order valence-electron chi connectivity index (χ4n) is 2.80. The van der Waals surface area contributed by atoms with Crippen LogP contribution in [0.4, 0.5) is 0 Å². The Kier molecular flexibility index (Phi) is 4.86. The van der Waals surface area contributed by atoms with Crippen molar-refractivity contribution in [2.24, 2.45) is 5.92 Å². The normalized spacial score (nSPS) is 20.6. The minimum Gasteiger partial charge on any atom is -0.313 e. The van der Waals surface area contributed by atoms with Crippen LogP contribution in [0.3, 0.4) is 0 Å². The topological polar surface area (TPSA) is 12.0 Å². The van der Waals surface area contributed by atoms with Gasteiger partial charge in [-0.3, -0.25) is 0 Å². The summed E-state index contributed by atoms with van der Waals surface area (Å²) in [7, 11) is 2.10.